The Kier molecular flexibility index (Phi) is 5.91. The largest absolute Gasteiger partial charge is 0.345 e. The summed E-state index contributed by atoms with van der Waals surface area (Å²) in [5, 5.41) is 18.0. The average molecular weight is 421 g/mol. The van der Waals surface area contributed by atoms with Crippen molar-refractivity contribution < 1.29 is 14.5 Å². The van der Waals surface area contributed by atoms with E-state index in [0.29, 0.717) is 16.9 Å². The Labute approximate surface area is 176 Å². The lowest BCUT2D eigenvalue weighted by Gasteiger charge is -2.12. The van der Waals surface area contributed by atoms with Crippen LogP contribution in [0.3, 0.4) is 0 Å². The summed E-state index contributed by atoms with van der Waals surface area (Å²) in [7, 11) is 3.26. The average Bonchev–Trinajstić information content (AvgIpc) is 2.73. The second-order valence-electron chi connectivity index (χ2n) is 6.89. The van der Waals surface area contributed by atoms with Gasteiger partial charge in [0.1, 0.15) is 5.69 Å². The molecule has 10 nitrogen and oxygen atoms in total. The molecule has 2 aromatic carbocycles. The van der Waals surface area contributed by atoms with Crippen LogP contribution in [0.25, 0.3) is 5.69 Å². The van der Waals surface area contributed by atoms with Gasteiger partial charge in [-0.25, -0.2) is 4.68 Å². The molecule has 1 heterocycles. The van der Waals surface area contributed by atoms with E-state index in [2.05, 4.69) is 10.4 Å². The van der Waals surface area contributed by atoms with Gasteiger partial charge in [-0.3, -0.25) is 24.5 Å². The van der Waals surface area contributed by atoms with Gasteiger partial charge >= 0.3 is 0 Å². The van der Waals surface area contributed by atoms with Gasteiger partial charge in [0, 0.05) is 43.2 Å². The molecular formula is C21H19N5O5. The van der Waals surface area contributed by atoms with Gasteiger partial charge in [-0.05, 0) is 37.3 Å². The zero-order valence-corrected chi connectivity index (χ0v) is 17.0. The van der Waals surface area contributed by atoms with Gasteiger partial charge in [-0.1, -0.05) is 12.1 Å². The molecule has 0 aliphatic rings. The highest BCUT2D eigenvalue weighted by atomic mass is 16.6. The highest BCUT2D eigenvalue weighted by Crippen LogP contribution is 2.22. The normalized spacial score (nSPS) is 10.4. The number of nitro groups is 1. The highest BCUT2D eigenvalue weighted by molar-refractivity contribution is 6.03. The molecule has 0 spiro atoms. The van der Waals surface area contributed by atoms with Crippen LogP contribution in [0.4, 0.5) is 11.4 Å². The fraction of sp³-hybridized carbons (Fsp3) is 0.143. The highest BCUT2D eigenvalue weighted by Gasteiger charge is 2.20. The molecule has 1 aromatic heterocycles. The number of nitrogens with one attached hydrogen (secondary N) is 1. The molecule has 1 N–H and O–H groups in total. The second-order valence-corrected chi connectivity index (χ2v) is 6.89. The molecule has 3 aromatic rings. The van der Waals surface area contributed by atoms with Crippen LogP contribution in [0, 0.1) is 17.0 Å². The Bertz CT molecular complexity index is 1230. The Hall–Kier alpha value is -4.34. The number of para-hydroxylation sites is 2. The molecule has 0 aliphatic carbocycles. The predicted molar refractivity (Wildman–Crippen MR) is 114 cm³/mol. The molecule has 2 amide bonds. The first-order valence-corrected chi connectivity index (χ1v) is 9.17. The van der Waals surface area contributed by atoms with E-state index in [1.54, 1.807) is 39.2 Å². The lowest BCUT2D eigenvalue weighted by atomic mass is 10.2. The summed E-state index contributed by atoms with van der Waals surface area (Å²) in [4.78, 5) is 49.2. The molecule has 0 radical (unpaired) electrons. The number of carbonyl (C=O) groups is 2. The van der Waals surface area contributed by atoms with Crippen molar-refractivity contribution in [1.29, 1.82) is 0 Å². The van der Waals surface area contributed by atoms with Crippen molar-refractivity contribution in [2.24, 2.45) is 0 Å². The molecule has 0 unspecified atom stereocenters. The number of anilines is 1. The summed E-state index contributed by atoms with van der Waals surface area (Å²) in [5.74, 6) is -0.963. The van der Waals surface area contributed by atoms with Gasteiger partial charge in [0.15, 0.2) is 5.69 Å². The van der Waals surface area contributed by atoms with Gasteiger partial charge < -0.3 is 10.2 Å². The maximum atomic E-state index is 12.7. The van der Waals surface area contributed by atoms with Crippen LogP contribution in [0.15, 0.2) is 59.4 Å². The second kappa shape index (κ2) is 8.57. The van der Waals surface area contributed by atoms with E-state index in [1.807, 2.05) is 0 Å². The summed E-state index contributed by atoms with van der Waals surface area (Å²) in [5.41, 5.74) is 0.0122. The van der Waals surface area contributed by atoms with Gasteiger partial charge in [0.2, 0.25) is 5.43 Å². The minimum atomic E-state index is -0.774. The van der Waals surface area contributed by atoms with E-state index in [9.17, 15) is 24.5 Å². The third kappa shape index (κ3) is 4.47. The molecule has 31 heavy (non-hydrogen) atoms. The van der Waals surface area contributed by atoms with Crippen LogP contribution in [0.2, 0.25) is 0 Å². The number of rotatable bonds is 5. The first-order valence-electron chi connectivity index (χ1n) is 9.17. The van der Waals surface area contributed by atoms with E-state index < -0.39 is 22.0 Å². The number of aromatic nitrogens is 2. The molecule has 158 valence electrons. The Morgan fingerprint density at radius 1 is 1.10 bits per heavy atom. The molecule has 0 saturated heterocycles. The van der Waals surface area contributed by atoms with Crippen LogP contribution in [-0.2, 0) is 0 Å². The third-order valence-electron chi connectivity index (χ3n) is 4.43. The van der Waals surface area contributed by atoms with Crippen LogP contribution in [0.1, 0.15) is 26.5 Å². The standard InChI is InChI=1S/C21H19N5O5/c1-13-12-18(27)19(23-25(13)16-6-4-5-7-17(16)26(30)31)20(28)22-15-10-8-14(9-11-15)21(29)24(2)3/h4-12H,1-3H3,(H,22,28). The van der Waals surface area contributed by atoms with Crippen LogP contribution >= 0.6 is 0 Å². The number of nitro benzene ring substituents is 1. The van der Waals surface area contributed by atoms with Gasteiger partial charge in [-0.15, -0.1) is 0 Å². The lowest BCUT2D eigenvalue weighted by Crippen LogP contribution is -2.27. The van der Waals surface area contributed by atoms with Crippen molar-refractivity contribution in [2.75, 3.05) is 19.4 Å². The zero-order chi connectivity index (χ0) is 22.7. The van der Waals surface area contributed by atoms with Gasteiger partial charge in [0.05, 0.1) is 4.92 Å². The number of aryl methyl sites for hydroxylation is 1. The van der Waals surface area contributed by atoms with E-state index in [4.69, 9.17) is 0 Å². The maximum absolute atomic E-state index is 12.7. The van der Waals surface area contributed by atoms with Crippen molar-refractivity contribution in [3.63, 3.8) is 0 Å². The van der Waals surface area contributed by atoms with Gasteiger partial charge in [-0.2, -0.15) is 5.10 Å². The molecule has 0 fully saturated rings. The summed E-state index contributed by atoms with van der Waals surface area (Å²) in [6.07, 6.45) is 0. The van der Waals surface area contributed by atoms with Crippen molar-refractivity contribution in [2.45, 2.75) is 6.92 Å². The topological polar surface area (TPSA) is 127 Å². The lowest BCUT2D eigenvalue weighted by molar-refractivity contribution is -0.384. The van der Waals surface area contributed by atoms with E-state index in [1.165, 1.54) is 46.0 Å². The smallest absolute Gasteiger partial charge is 0.294 e. The zero-order valence-electron chi connectivity index (χ0n) is 17.0. The monoisotopic (exact) mass is 421 g/mol. The van der Waals surface area contributed by atoms with E-state index in [0.717, 1.165) is 0 Å². The third-order valence-corrected chi connectivity index (χ3v) is 4.43. The Morgan fingerprint density at radius 2 is 1.74 bits per heavy atom. The fourth-order valence-electron chi connectivity index (χ4n) is 2.89. The van der Waals surface area contributed by atoms with Crippen LogP contribution in [-0.4, -0.2) is 45.5 Å². The summed E-state index contributed by atoms with van der Waals surface area (Å²) in [6, 6.07) is 13.2. The molecule has 0 bridgehead atoms. The first-order chi connectivity index (χ1) is 14.7. The summed E-state index contributed by atoms with van der Waals surface area (Å²) >= 11 is 0. The van der Waals surface area contributed by atoms with Crippen LogP contribution < -0.4 is 10.7 Å². The Balaban J connectivity index is 1.94. The fourth-order valence-corrected chi connectivity index (χ4v) is 2.89. The first kappa shape index (κ1) is 21.4. The predicted octanol–water partition coefficient (Wildman–Crippen LogP) is 2.40. The number of nitrogens with zero attached hydrogens (tertiary/aromatic N) is 4. The quantitative estimate of drug-likeness (QED) is 0.498. The minimum Gasteiger partial charge on any atom is -0.345 e. The van der Waals surface area contributed by atoms with Crippen molar-refractivity contribution in [1.82, 2.24) is 14.7 Å². The summed E-state index contributed by atoms with van der Waals surface area (Å²) < 4.78 is 1.19. The molecule has 10 heteroatoms. The van der Waals surface area contributed by atoms with E-state index >= 15 is 0 Å². The van der Waals surface area contributed by atoms with Crippen molar-refractivity contribution >= 4 is 23.2 Å². The van der Waals surface area contributed by atoms with Crippen LogP contribution in [0.5, 0.6) is 0 Å². The number of amides is 2. The number of hydrogen-bond acceptors (Lipinski definition) is 6. The molecule has 0 saturated carbocycles. The summed E-state index contributed by atoms with van der Waals surface area (Å²) in [6.45, 7) is 1.56. The number of carbonyl (C=O) groups excluding carboxylic acids is 2. The Morgan fingerprint density at radius 3 is 2.35 bits per heavy atom. The number of benzene rings is 2. The number of hydrogen-bond donors (Lipinski definition) is 1. The molecule has 3 rings (SSSR count). The maximum Gasteiger partial charge on any atom is 0.294 e. The SMILES string of the molecule is Cc1cc(=O)c(C(=O)Nc2ccc(C(=O)N(C)C)cc2)nn1-c1ccccc1[N+](=O)[O-]. The van der Waals surface area contributed by atoms with Gasteiger partial charge in [0.25, 0.3) is 17.5 Å². The minimum absolute atomic E-state index is 0.130. The van der Waals surface area contributed by atoms with Crippen molar-refractivity contribution in [3.05, 3.63) is 91.9 Å². The molecule has 0 atom stereocenters. The van der Waals surface area contributed by atoms with Crippen molar-refractivity contribution in [3.8, 4) is 5.69 Å². The molecular weight excluding hydrogens is 402 g/mol. The molecule has 0 aliphatic heterocycles. The van der Waals surface area contributed by atoms with E-state index in [-0.39, 0.29) is 17.3 Å².